The van der Waals surface area contributed by atoms with Gasteiger partial charge in [-0.2, -0.15) is 0 Å². The number of hydrogen-bond acceptors (Lipinski definition) is 4. The van der Waals surface area contributed by atoms with Gasteiger partial charge in [-0.15, -0.1) is 11.3 Å². The van der Waals surface area contributed by atoms with Gasteiger partial charge >= 0.3 is 5.97 Å². The van der Waals surface area contributed by atoms with E-state index in [-0.39, 0.29) is 11.4 Å². The molecule has 134 valence electrons. The van der Waals surface area contributed by atoms with E-state index in [9.17, 15) is 4.79 Å². The molecule has 2 heterocycles. The summed E-state index contributed by atoms with van der Waals surface area (Å²) < 4.78 is 5.95. The van der Waals surface area contributed by atoms with Crippen LogP contribution in [-0.2, 0) is 10.2 Å². The number of thiazole rings is 1. The van der Waals surface area contributed by atoms with Gasteiger partial charge in [0.05, 0.1) is 11.3 Å². The van der Waals surface area contributed by atoms with Crippen molar-refractivity contribution < 1.29 is 9.53 Å². The topological polar surface area (TPSA) is 55.0 Å². The summed E-state index contributed by atoms with van der Waals surface area (Å²) in [7, 11) is 0. The quantitative estimate of drug-likeness (QED) is 0.603. The molecule has 25 heavy (non-hydrogen) atoms. The van der Waals surface area contributed by atoms with Gasteiger partial charge in [-0.3, -0.25) is 0 Å². The van der Waals surface area contributed by atoms with Gasteiger partial charge in [-0.1, -0.05) is 58.9 Å². The van der Waals surface area contributed by atoms with Crippen LogP contribution in [-0.4, -0.2) is 22.5 Å². The highest BCUT2D eigenvalue weighted by atomic mass is 32.1. The van der Waals surface area contributed by atoms with Crippen molar-refractivity contribution >= 4 is 27.7 Å². The SMILES string of the molecule is CC.CCOC(=O)c1cc2sc(-c3ccc(C(C)(C)C)cc3)nc2[nH]1. The maximum atomic E-state index is 11.7. The zero-order valence-corrected chi connectivity index (χ0v) is 16.6. The normalized spacial score (nSPS) is 11.1. The minimum atomic E-state index is -0.339. The number of carbonyl (C=O) groups is 1. The number of aromatic amines is 1. The second-order valence-corrected chi connectivity index (χ2v) is 7.49. The van der Waals surface area contributed by atoms with E-state index in [4.69, 9.17) is 4.74 Å². The molecule has 0 fully saturated rings. The Kier molecular flexibility index (Phi) is 6.01. The first-order valence-corrected chi connectivity index (χ1v) is 9.47. The first-order valence-electron chi connectivity index (χ1n) is 8.66. The Bertz CT molecular complexity index is 807. The number of aromatic nitrogens is 2. The van der Waals surface area contributed by atoms with Crippen molar-refractivity contribution in [3.05, 3.63) is 41.6 Å². The van der Waals surface area contributed by atoms with Crippen molar-refractivity contribution in [1.82, 2.24) is 9.97 Å². The number of hydrogen-bond donors (Lipinski definition) is 1. The summed E-state index contributed by atoms with van der Waals surface area (Å²) in [5.74, 6) is -0.339. The molecular weight excluding hydrogens is 332 g/mol. The molecule has 3 aromatic rings. The molecular formula is C20H26N2O2S. The van der Waals surface area contributed by atoms with Crippen LogP contribution in [0.5, 0.6) is 0 Å². The number of H-pyrrole nitrogens is 1. The van der Waals surface area contributed by atoms with Crippen molar-refractivity contribution in [3.63, 3.8) is 0 Å². The van der Waals surface area contributed by atoms with Crippen LogP contribution in [0.4, 0.5) is 0 Å². The molecule has 1 aromatic carbocycles. The van der Waals surface area contributed by atoms with Crippen LogP contribution in [0, 0.1) is 0 Å². The van der Waals surface area contributed by atoms with E-state index in [2.05, 4.69) is 55.0 Å². The zero-order valence-electron chi connectivity index (χ0n) is 15.8. The van der Waals surface area contributed by atoms with Gasteiger partial charge in [0.15, 0.2) is 0 Å². The molecule has 0 saturated heterocycles. The van der Waals surface area contributed by atoms with Crippen LogP contribution in [0.15, 0.2) is 30.3 Å². The van der Waals surface area contributed by atoms with Crippen LogP contribution in [0.2, 0.25) is 0 Å². The number of nitrogens with zero attached hydrogens (tertiary/aromatic N) is 1. The summed E-state index contributed by atoms with van der Waals surface area (Å²) in [6, 6.07) is 10.3. The molecule has 2 aromatic heterocycles. The fourth-order valence-electron chi connectivity index (χ4n) is 2.37. The van der Waals surface area contributed by atoms with E-state index in [0.29, 0.717) is 12.3 Å². The van der Waals surface area contributed by atoms with Crippen LogP contribution >= 0.6 is 11.3 Å². The number of ether oxygens (including phenoxy) is 1. The third kappa shape index (κ3) is 4.28. The Morgan fingerprint density at radius 2 is 1.84 bits per heavy atom. The zero-order chi connectivity index (χ0) is 18.6. The van der Waals surface area contributed by atoms with E-state index < -0.39 is 0 Å². The summed E-state index contributed by atoms with van der Waals surface area (Å²) in [5, 5.41) is 0.946. The highest BCUT2D eigenvalue weighted by Crippen LogP contribution is 2.32. The summed E-state index contributed by atoms with van der Waals surface area (Å²) in [5.41, 5.74) is 3.71. The highest BCUT2D eigenvalue weighted by molar-refractivity contribution is 7.21. The summed E-state index contributed by atoms with van der Waals surface area (Å²) in [4.78, 5) is 19.3. The highest BCUT2D eigenvalue weighted by Gasteiger charge is 2.16. The standard InChI is InChI=1S/C18H20N2O2S.C2H6/c1-5-22-17(21)13-10-14-15(19-13)20-16(23-14)11-6-8-12(9-7-11)18(2,3)4;1-2/h6-10,19H,5H2,1-4H3;1-2H3. The molecule has 1 N–H and O–H groups in total. The van der Waals surface area contributed by atoms with Crippen molar-refractivity contribution in [1.29, 1.82) is 0 Å². The fraction of sp³-hybridized carbons (Fsp3) is 0.400. The molecule has 0 atom stereocenters. The average molecular weight is 359 g/mol. The van der Waals surface area contributed by atoms with Crippen molar-refractivity contribution in [2.45, 2.75) is 47.0 Å². The third-order valence-corrected chi connectivity index (χ3v) is 4.73. The maximum absolute atomic E-state index is 11.7. The second-order valence-electron chi connectivity index (χ2n) is 6.46. The van der Waals surface area contributed by atoms with Crippen molar-refractivity contribution in [2.24, 2.45) is 0 Å². The van der Waals surface area contributed by atoms with Crippen molar-refractivity contribution in [2.75, 3.05) is 6.61 Å². The van der Waals surface area contributed by atoms with Crippen LogP contribution < -0.4 is 0 Å². The number of fused-ring (bicyclic) bond motifs is 1. The van der Waals surface area contributed by atoms with E-state index in [0.717, 1.165) is 20.9 Å². The minimum Gasteiger partial charge on any atom is -0.461 e. The van der Waals surface area contributed by atoms with Gasteiger partial charge in [0.2, 0.25) is 0 Å². The van der Waals surface area contributed by atoms with E-state index >= 15 is 0 Å². The number of nitrogens with one attached hydrogen (secondary N) is 1. The van der Waals surface area contributed by atoms with E-state index in [1.54, 1.807) is 24.3 Å². The van der Waals surface area contributed by atoms with Crippen molar-refractivity contribution in [3.8, 4) is 10.6 Å². The maximum Gasteiger partial charge on any atom is 0.354 e. The number of carbonyl (C=O) groups excluding carboxylic acids is 1. The lowest BCUT2D eigenvalue weighted by Gasteiger charge is -2.18. The monoisotopic (exact) mass is 358 g/mol. The first-order chi connectivity index (χ1) is 11.9. The lowest BCUT2D eigenvalue weighted by atomic mass is 9.87. The van der Waals surface area contributed by atoms with Gasteiger partial charge in [0, 0.05) is 5.56 Å². The Labute approximate surface area is 153 Å². The minimum absolute atomic E-state index is 0.141. The molecule has 0 amide bonds. The molecule has 4 nitrogen and oxygen atoms in total. The second kappa shape index (κ2) is 7.83. The van der Waals surface area contributed by atoms with E-state index in [1.165, 1.54) is 5.56 Å². The molecule has 0 aliphatic heterocycles. The van der Waals surface area contributed by atoms with Crippen LogP contribution in [0.1, 0.15) is 57.6 Å². The third-order valence-electron chi connectivity index (χ3n) is 3.68. The molecule has 0 aliphatic carbocycles. The summed E-state index contributed by atoms with van der Waals surface area (Å²) >= 11 is 1.57. The smallest absolute Gasteiger partial charge is 0.354 e. The Morgan fingerprint density at radius 3 is 2.36 bits per heavy atom. The molecule has 3 rings (SSSR count). The first kappa shape index (κ1) is 19.2. The van der Waals surface area contributed by atoms with Gasteiger partial charge in [0.1, 0.15) is 16.3 Å². The van der Waals surface area contributed by atoms with Gasteiger partial charge in [-0.25, -0.2) is 9.78 Å². The predicted octanol–water partition coefficient (Wildman–Crippen LogP) is 5.79. The average Bonchev–Trinajstić information content (AvgIpc) is 3.15. The molecule has 0 spiro atoms. The number of benzene rings is 1. The molecule has 0 aliphatic rings. The number of esters is 1. The number of rotatable bonds is 3. The van der Waals surface area contributed by atoms with Crippen LogP contribution in [0.3, 0.4) is 0 Å². The molecule has 0 bridgehead atoms. The van der Waals surface area contributed by atoms with Gasteiger partial charge in [0.25, 0.3) is 0 Å². The lowest BCUT2D eigenvalue weighted by Crippen LogP contribution is -2.10. The van der Waals surface area contributed by atoms with E-state index in [1.807, 2.05) is 13.8 Å². The molecule has 5 heteroatoms. The lowest BCUT2D eigenvalue weighted by molar-refractivity contribution is 0.0520. The fourth-order valence-corrected chi connectivity index (χ4v) is 3.34. The summed E-state index contributed by atoms with van der Waals surface area (Å²) in [6.45, 7) is 12.8. The molecule has 0 saturated carbocycles. The van der Waals surface area contributed by atoms with Gasteiger partial charge in [-0.05, 0) is 24.0 Å². The van der Waals surface area contributed by atoms with Gasteiger partial charge < -0.3 is 9.72 Å². The molecule has 0 radical (unpaired) electrons. The Morgan fingerprint density at radius 1 is 1.20 bits per heavy atom. The Balaban J connectivity index is 0.00000109. The molecule has 0 unspecified atom stereocenters. The van der Waals surface area contributed by atoms with Crippen LogP contribution in [0.25, 0.3) is 20.9 Å². The Hall–Kier alpha value is -2.14. The largest absolute Gasteiger partial charge is 0.461 e. The predicted molar refractivity (Wildman–Crippen MR) is 105 cm³/mol. The summed E-state index contributed by atoms with van der Waals surface area (Å²) in [6.07, 6.45) is 0.